The van der Waals surface area contributed by atoms with Crippen LogP contribution < -0.4 is 10.1 Å². The predicted molar refractivity (Wildman–Crippen MR) is 89.1 cm³/mol. The van der Waals surface area contributed by atoms with Crippen LogP contribution in [0.3, 0.4) is 0 Å². The van der Waals surface area contributed by atoms with Crippen LogP contribution in [0.2, 0.25) is 5.02 Å². The molecule has 0 fully saturated rings. The van der Waals surface area contributed by atoms with Gasteiger partial charge in [0, 0.05) is 24.4 Å². The van der Waals surface area contributed by atoms with Gasteiger partial charge in [0.1, 0.15) is 5.75 Å². The number of nitrogens with one attached hydrogen (secondary N) is 1. The van der Waals surface area contributed by atoms with E-state index in [1.165, 1.54) is 7.11 Å². The van der Waals surface area contributed by atoms with Gasteiger partial charge in [-0.25, -0.2) is 0 Å². The molecular weight excluding hydrogens is 314 g/mol. The largest absolute Gasteiger partial charge is 0.496 e. The van der Waals surface area contributed by atoms with Crippen LogP contribution in [-0.4, -0.2) is 30.3 Å². The van der Waals surface area contributed by atoms with Gasteiger partial charge in [-0.1, -0.05) is 35.9 Å². The topological polar surface area (TPSA) is 58.6 Å². The zero-order chi connectivity index (χ0) is 16.4. The summed E-state index contributed by atoms with van der Waals surface area (Å²) in [4.78, 5) is 12.4. The van der Waals surface area contributed by atoms with Crippen molar-refractivity contribution in [2.75, 3.05) is 13.7 Å². The maximum absolute atomic E-state index is 12.4. The lowest BCUT2D eigenvalue weighted by Gasteiger charge is -2.23. The van der Waals surface area contributed by atoms with Crippen LogP contribution in [0.1, 0.15) is 21.5 Å². The van der Waals surface area contributed by atoms with Crippen molar-refractivity contribution in [3.05, 3.63) is 64.2 Å². The van der Waals surface area contributed by atoms with Crippen molar-refractivity contribution in [3.8, 4) is 5.75 Å². The maximum atomic E-state index is 12.4. The number of halogens is 1. The minimum absolute atomic E-state index is 0.177. The summed E-state index contributed by atoms with van der Waals surface area (Å²) >= 11 is 5.95. The molecule has 0 saturated heterocycles. The van der Waals surface area contributed by atoms with Crippen LogP contribution in [0.25, 0.3) is 0 Å². The van der Waals surface area contributed by atoms with Gasteiger partial charge in [0.05, 0.1) is 18.3 Å². The molecule has 4 nitrogen and oxygen atoms in total. The number of rotatable bonds is 4. The molecule has 0 radical (unpaired) electrons. The van der Waals surface area contributed by atoms with E-state index in [2.05, 4.69) is 5.32 Å². The number of amides is 1. The van der Waals surface area contributed by atoms with E-state index in [1.54, 1.807) is 18.2 Å². The van der Waals surface area contributed by atoms with Gasteiger partial charge in [-0.15, -0.1) is 0 Å². The molecule has 2 N–H and O–H groups in total. The summed E-state index contributed by atoms with van der Waals surface area (Å²) < 4.78 is 5.19. The van der Waals surface area contributed by atoms with E-state index < -0.39 is 5.60 Å². The van der Waals surface area contributed by atoms with Crippen LogP contribution >= 0.6 is 11.6 Å². The van der Waals surface area contributed by atoms with Crippen molar-refractivity contribution >= 4 is 17.5 Å². The minimum Gasteiger partial charge on any atom is -0.496 e. The Kier molecular flexibility index (Phi) is 4.28. The van der Waals surface area contributed by atoms with E-state index in [0.717, 1.165) is 11.1 Å². The van der Waals surface area contributed by atoms with E-state index in [0.29, 0.717) is 29.2 Å². The highest BCUT2D eigenvalue weighted by atomic mass is 35.5. The molecule has 120 valence electrons. The normalized spacial score (nSPS) is 15.1. The third-order valence-electron chi connectivity index (χ3n) is 4.14. The second kappa shape index (κ2) is 6.22. The number of carbonyl (C=O) groups is 1. The zero-order valence-electron chi connectivity index (χ0n) is 12.8. The lowest BCUT2D eigenvalue weighted by Crippen LogP contribution is -2.43. The summed E-state index contributed by atoms with van der Waals surface area (Å²) in [5.41, 5.74) is 1.67. The van der Waals surface area contributed by atoms with E-state index in [4.69, 9.17) is 16.3 Å². The van der Waals surface area contributed by atoms with Crippen molar-refractivity contribution in [1.82, 2.24) is 5.32 Å². The second-order valence-corrected chi connectivity index (χ2v) is 6.31. The molecular formula is C18H18ClNO3. The van der Waals surface area contributed by atoms with Gasteiger partial charge in [0.15, 0.2) is 0 Å². The van der Waals surface area contributed by atoms with Gasteiger partial charge in [0.2, 0.25) is 0 Å². The number of benzene rings is 2. The Balaban J connectivity index is 1.70. The molecule has 5 heteroatoms. The molecule has 3 rings (SSSR count). The van der Waals surface area contributed by atoms with E-state index in [-0.39, 0.29) is 12.5 Å². The fraction of sp³-hybridized carbons (Fsp3) is 0.278. The minimum atomic E-state index is -0.953. The first-order valence-electron chi connectivity index (χ1n) is 7.42. The maximum Gasteiger partial charge on any atom is 0.255 e. The van der Waals surface area contributed by atoms with Crippen molar-refractivity contribution < 1.29 is 14.6 Å². The summed E-state index contributed by atoms with van der Waals surface area (Å²) in [6.45, 7) is 0.177. The SMILES string of the molecule is COc1ccc(Cl)cc1C(=O)NCC1(O)Cc2ccccc2C1. The third-order valence-corrected chi connectivity index (χ3v) is 4.38. The van der Waals surface area contributed by atoms with Gasteiger partial charge < -0.3 is 15.2 Å². The summed E-state index contributed by atoms with van der Waals surface area (Å²) in [5, 5.41) is 14.0. The molecule has 2 aromatic carbocycles. The summed E-state index contributed by atoms with van der Waals surface area (Å²) in [5.74, 6) is 0.141. The molecule has 0 unspecified atom stereocenters. The number of aliphatic hydroxyl groups is 1. The number of methoxy groups -OCH3 is 1. The lowest BCUT2D eigenvalue weighted by molar-refractivity contribution is 0.0479. The number of hydrogen-bond acceptors (Lipinski definition) is 3. The Hall–Kier alpha value is -2.04. The fourth-order valence-electron chi connectivity index (χ4n) is 3.00. The highest BCUT2D eigenvalue weighted by Crippen LogP contribution is 2.29. The molecule has 2 aromatic rings. The number of fused-ring (bicyclic) bond motifs is 1. The Bertz CT molecular complexity index is 720. The Morgan fingerprint density at radius 3 is 2.52 bits per heavy atom. The van der Waals surface area contributed by atoms with Crippen LogP contribution in [0.15, 0.2) is 42.5 Å². The Morgan fingerprint density at radius 2 is 1.91 bits per heavy atom. The van der Waals surface area contributed by atoms with Crippen LogP contribution in [0.5, 0.6) is 5.75 Å². The zero-order valence-corrected chi connectivity index (χ0v) is 13.6. The molecule has 1 amide bonds. The first kappa shape index (κ1) is 15.8. The standard InChI is InChI=1S/C18H18ClNO3/c1-23-16-7-6-14(19)8-15(16)17(21)20-11-18(22)9-12-4-2-3-5-13(12)10-18/h2-8,22H,9-11H2,1H3,(H,20,21). The van der Waals surface area contributed by atoms with Crippen molar-refractivity contribution in [2.45, 2.75) is 18.4 Å². The molecule has 23 heavy (non-hydrogen) atoms. The van der Waals surface area contributed by atoms with E-state index >= 15 is 0 Å². The summed E-state index contributed by atoms with van der Waals surface area (Å²) in [6.07, 6.45) is 1.08. The molecule has 0 saturated carbocycles. The first-order chi connectivity index (χ1) is 11.0. The number of ether oxygens (including phenoxy) is 1. The fourth-order valence-corrected chi connectivity index (χ4v) is 3.17. The molecule has 0 atom stereocenters. The monoisotopic (exact) mass is 331 g/mol. The summed E-state index contributed by atoms with van der Waals surface area (Å²) in [6, 6.07) is 12.8. The molecule has 0 heterocycles. The molecule has 0 bridgehead atoms. The van der Waals surface area contributed by atoms with Gasteiger partial charge in [0.25, 0.3) is 5.91 Å². The molecule has 0 aromatic heterocycles. The molecule has 1 aliphatic rings. The predicted octanol–water partition coefficient (Wildman–Crippen LogP) is 2.61. The van der Waals surface area contributed by atoms with Crippen molar-refractivity contribution in [2.24, 2.45) is 0 Å². The Morgan fingerprint density at radius 1 is 1.26 bits per heavy atom. The van der Waals surface area contributed by atoms with Crippen molar-refractivity contribution in [3.63, 3.8) is 0 Å². The lowest BCUT2D eigenvalue weighted by atomic mass is 10.0. The molecule has 0 aliphatic heterocycles. The van der Waals surface area contributed by atoms with Crippen molar-refractivity contribution in [1.29, 1.82) is 0 Å². The average Bonchev–Trinajstić information content (AvgIpc) is 2.89. The van der Waals surface area contributed by atoms with Crippen LogP contribution in [0, 0.1) is 0 Å². The highest BCUT2D eigenvalue weighted by Gasteiger charge is 2.35. The first-order valence-corrected chi connectivity index (χ1v) is 7.79. The third kappa shape index (κ3) is 3.33. The van der Waals surface area contributed by atoms with E-state index in [9.17, 15) is 9.90 Å². The Labute approximate surface area is 140 Å². The van der Waals surface area contributed by atoms with Gasteiger partial charge >= 0.3 is 0 Å². The molecule has 0 spiro atoms. The van der Waals surface area contributed by atoms with Gasteiger partial charge in [-0.05, 0) is 29.3 Å². The summed E-state index contributed by atoms with van der Waals surface area (Å²) in [7, 11) is 1.50. The smallest absolute Gasteiger partial charge is 0.255 e. The van der Waals surface area contributed by atoms with Crippen LogP contribution in [-0.2, 0) is 12.8 Å². The quantitative estimate of drug-likeness (QED) is 0.905. The van der Waals surface area contributed by atoms with Crippen LogP contribution in [0.4, 0.5) is 0 Å². The number of carbonyl (C=O) groups excluding carboxylic acids is 1. The van der Waals surface area contributed by atoms with E-state index in [1.807, 2.05) is 24.3 Å². The molecule has 1 aliphatic carbocycles. The van der Waals surface area contributed by atoms with Gasteiger partial charge in [-0.2, -0.15) is 0 Å². The number of hydrogen-bond donors (Lipinski definition) is 2. The van der Waals surface area contributed by atoms with Gasteiger partial charge in [-0.3, -0.25) is 4.79 Å². The average molecular weight is 332 g/mol. The second-order valence-electron chi connectivity index (χ2n) is 5.87. The highest BCUT2D eigenvalue weighted by molar-refractivity contribution is 6.31.